The summed E-state index contributed by atoms with van der Waals surface area (Å²) in [5, 5.41) is 13.1. The van der Waals surface area contributed by atoms with Crippen LogP contribution in [0.4, 0.5) is 5.69 Å². The van der Waals surface area contributed by atoms with Gasteiger partial charge < -0.3 is 5.32 Å². The second-order valence-corrected chi connectivity index (χ2v) is 7.81. The molecule has 0 saturated heterocycles. The average molecular weight is 356 g/mol. The van der Waals surface area contributed by atoms with Crippen LogP contribution in [0.15, 0.2) is 10.3 Å². The van der Waals surface area contributed by atoms with Gasteiger partial charge in [-0.1, -0.05) is 18.5 Å². The maximum atomic E-state index is 12.4. The largest absolute Gasteiger partial charge is 0.358 e. The third-order valence-electron chi connectivity index (χ3n) is 2.51. The molecule has 0 spiro atoms. The Balaban J connectivity index is 3.19. The molecule has 0 unspecified atom stereocenters. The van der Waals surface area contributed by atoms with Crippen LogP contribution in [0.25, 0.3) is 0 Å². The molecule has 0 saturated carbocycles. The van der Waals surface area contributed by atoms with Gasteiger partial charge in [-0.3, -0.25) is 14.9 Å². The third kappa shape index (κ3) is 4.13. The number of nitro groups is 1. The Kier molecular flexibility index (Phi) is 6.08. The summed E-state index contributed by atoms with van der Waals surface area (Å²) in [4.78, 5) is 21.4. The van der Waals surface area contributed by atoms with Gasteiger partial charge in [-0.25, -0.2) is 8.42 Å². The summed E-state index contributed by atoms with van der Waals surface area (Å²) in [6.07, 6.45) is 0.497. The van der Waals surface area contributed by atoms with Gasteiger partial charge in [0.05, 0.1) is 11.5 Å². The first kappa shape index (κ1) is 17.8. The molecule has 1 heterocycles. The van der Waals surface area contributed by atoms with Crippen LogP contribution in [0.3, 0.4) is 0 Å². The van der Waals surface area contributed by atoms with E-state index >= 15 is 0 Å². The topological polar surface area (TPSA) is 110 Å². The Morgan fingerprint density at radius 2 is 2.19 bits per heavy atom. The zero-order chi connectivity index (χ0) is 16.2. The van der Waals surface area contributed by atoms with Gasteiger partial charge in [-0.15, -0.1) is 11.3 Å². The molecule has 21 heavy (non-hydrogen) atoms. The number of halogens is 1. The molecule has 0 aromatic carbocycles. The first-order valence-corrected chi connectivity index (χ1v) is 8.52. The summed E-state index contributed by atoms with van der Waals surface area (Å²) in [5.74, 6) is -0.468. The van der Waals surface area contributed by atoms with Gasteiger partial charge in [-0.05, 0) is 6.42 Å². The standard InChI is InChI=1S/C10H14ClN3O5S2/c1-3-4-13(6-8(15)12-2)21(18,19)9-5-7(14(16)17)10(11)20-9/h5H,3-4,6H2,1-2H3,(H,12,15). The van der Waals surface area contributed by atoms with Crippen LogP contribution in [-0.2, 0) is 14.8 Å². The van der Waals surface area contributed by atoms with E-state index in [9.17, 15) is 23.3 Å². The van der Waals surface area contributed by atoms with Crippen molar-refractivity contribution in [1.29, 1.82) is 0 Å². The van der Waals surface area contributed by atoms with Gasteiger partial charge in [0.2, 0.25) is 5.91 Å². The monoisotopic (exact) mass is 355 g/mol. The third-order valence-corrected chi connectivity index (χ3v) is 6.14. The van der Waals surface area contributed by atoms with Gasteiger partial charge in [-0.2, -0.15) is 4.31 Å². The maximum Gasteiger partial charge on any atom is 0.300 e. The Morgan fingerprint density at radius 3 is 2.62 bits per heavy atom. The molecule has 0 aliphatic carbocycles. The number of hydrogen-bond acceptors (Lipinski definition) is 6. The number of thiophene rings is 1. The lowest BCUT2D eigenvalue weighted by Gasteiger charge is -2.19. The Morgan fingerprint density at radius 1 is 1.57 bits per heavy atom. The Bertz CT molecular complexity index is 643. The quantitative estimate of drug-likeness (QED) is 0.588. The van der Waals surface area contributed by atoms with Crippen LogP contribution >= 0.6 is 22.9 Å². The number of likely N-dealkylation sites (N-methyl/N-ethyl adjacent to an activating group) is 1. The highest BCUT2D eigenvalue weighted by Crippen LogP contribution is 2.37. The molecule has 1 aromatic rings. The van der Waals surface area contributed by atoms with Crippen LogP contribution in [0.2, 0.25) is 4.34 Å². The molecule has 0 bridgehead atoms. The summed E-state index contributed by atoms with van der Waals surface area (Å²) < 4.78 is 25.4. The molecule has 0 atom stereocenters. The normalized spacial score (nSPS) is 11.6. The number of nitrogens with one attached hydrogen (secondary N) is 1. The molecular weight excluding hydrogens is 342 g/mol. The van der Waals surface area contributed by atoms with Gasteiger partial charge in [0.1, 0.15) is 4.21 Å². The average Bonchev–Trinajstić information content (AvgIpc) is 2.81. The molecule has 1 rings (SSSR count). The van der Waals surface area contributed by atoms with E-state index in [1.54, 1.807) is 6.92 Å². The van der Waals surface area contributed by atoms with Crippen molar-refractivity contribution in [2.24, 2.45) is 0 Å². The zero-order valence-corrected chi connectivity index (χ0v) is 13.7. The summed E-state index contributed by atoms with van der Waals surface area (Å²) in [6, 6.07) is 0.912. The van der Waals surface area contributed by atoms with Crippen molar-refractivity contribution < 1.29 is 18.1 Å². The Hall–Kier alpha value is -1.23. The first-order valence-electron chi connectivity index (χ1n) is 5.88. The molecule has 8 nitrogen and oxygen atoms in total. The van der Waals surface area contributed by atoms with Crippen LogP contribution in [-0.4, -0.2) is 43.7 Å². The minimum atomic E-state index is -4.00. The molecule has 1 aromatic heterocycles. The first-order chi connectivity index (χ1) is 9.73. The molecule has 11 heteroatoms. The minimum absolute atomic E-state index is 0.124. The van der Waals surface area contributed by atoms with E-state index in [0.29, 0.717) is 17.8 Å². The van der Waals surface area contributed by atoms with Gasteiger partial charge >= 0.3 is 0 Å². The summed E-state index contributed by atoms with van der Waals surface area (Å²) in [5.41, 5.74) is -0.461. The molecular formula is C10H14ClN3O5S2. The highest BCUT2D eigenvalue weighted by Gasteiger charge is 2.31. The highest BCUT2D eigenvalue weighted by atomic mass is 35.5. The Labute approximate surface area is 130 Å². The fourth-order valence-electron chi connectivity index (χ4n) is 1.49. The number of nitrogens with zero attached hydrogens (tertiary/aromatic N) is 2. The fraction of sp³-hybridized carbons (Fsp3) is 0.500. The smallest absolute Gasteiger partial charge is 0.300 e. The summed E-state index contributed by atoms with van der Waals surface area (Å²) in [7, 11) is -2.61. The van der Waals surface area contributed by atoms with Gasteiger partial charge in [0.15, 0.2) is 4.34 Å². The zero-order valence-electron chi connectivity index (χ0n) is 11.3. The molecule has 1 N–H and O–H groups in total. The second kappa shape index (κ2) is 7.16. The van der Waals surface area contributed by atoms with Crippen molar-refractivity contribution >= 4 is 44.6 Å². The molecule has 0 radical (unpaired) electrons. The van der Waals surface area contributed by atoms with E-state index in [0.717, 1.165) is 10.4 Å². The molecule has 0 aliphatic rings. The van der Waals surface area contributed by atoms with Crippen molar-refractivity contribution in [2.45, 2.75) is 17.6 Å². The number of hydrogen-bond donors (Lipinski definition) is 1. The van der Waals surface area contributed by atoms with Crippen LogP contribution in [0.1, 0.15) is 13.3 Å². The van der Waals surface area contributed by atoms with Crippen LogP contribution in [0, 0.1) is 10.1 Å². The van der Waals surface area contributed by atoms with Crippen molar-refractivity contribution in [3.63, 3.8) is 0 Å². The minimum Gasteiger partial charge on any atom is -0.358 e. The molecule has 0 aliphatic heterocycles. The van der Waals surface area contributed by atoms with Crippen LogP contribution in [0.5, 0.6) is 0 Å². The second-order valence-electron chi connectivity index (χ2n) is 3.99. The summed E-state index contributed by atoms with van der Waals surface area (Å²) >= 11 is 6.28. The number of amides is 1. The molecule has 0 fully saturated rings. The lowest BCUT2D eigenvalue weighted by Crippen LogP contribution is -2.39. The van der Waals surface area contributed by atoms with Crippen LogP contribution < -0.4 is 5.32 Å². The van der Waals surface area contributed by atoms with E-state index in [1.807, 2.05) is 0 Å². The van der Waals surface area contributed by atoms with Crippen molar-refractivity contribution in [1.82, 2.24) is 9.62 Å². The number of sulfonamides is 1. The SMILES string of the molecule is CCCN(CC(=O)NC)S(=O)(=O)c1cc([N+](=O)[O-])c(Cl)s1. The van der Waals surface area contributed by atoms with E-state index in [1.165, 1.54) is 7.05 Å². The maximum absolute atomic E-state index is 12.4. The van der Waals surface area contributed by atoms with E-state index < -0.39 is 26.5 Å². The van der Waals surface area contributed by atoms with E-state index in [-0.39, 0.29) is 21.6 Å². The molecule has 1 amide bonds. The number of carbonyl (C=O) groups excluding carboxylic acids is 1. The lowest BCUT2D eigenvalue weighted by atomic mass is 10.4. The van der Waals surface area contributed by atoms with E-state index in [4.69, 9.17) is 11.6 Å². The molecule has 118 valence electrons. The fourth-order valence-corrected chi connectivity index (χ4v) is 4.80. The number of carbonyl (C=O) groups is 1. The predicted octanol–water partition coefficient (Wildman–Crippen LogP) is 1.46. The van der Waals surface area contributed by atoms with Gasteiger partial charge in [0.25, 0.3) is 15.7 Å². The number of rotatable bonds is 7. The van der Waals surface area contributed by atoms with Crippen molar-refractivity contribution in [2.75, 3.05) is 20.1 Å². The lowest BCUT2D eigenvalue weighted by molar-refractivity contribution is -0.384. The van der Waals surface area contributed by atoms with Gasteiger partial charge in [0, 0.05) is 19.7 Å². The van der Waals surface area contributed by atoms with Crippen molar-refractivity contribution in [3.8, 4) is 0 Å². The van der Waals surface area contributed by atoms with E-state index in [2.05, 4.69) is 5.32 Å². The predicted molar refractivity (Wildman–Crippen MR) is 79.1 cm³/mol. The van der Waals surface area contributed by atoms with Crippen molar-refractivity contribution in [3.05, 3.63) is 20.5 Å². The highest BCUT2D eigenvalue weighted by molar-refractivity contribution is 7.91. The summed E-state index contributed by atoms with van der Waals surface area (Å²) in [6.45, 7) is 1.53.